The number of hydrogen-bond donors (Lipinski definition) is 0. The second-order valence-corrected chi connectivity index (χ2v) is 3.24. The largest absolute Gasteiger partial charge is 0.513 e. The molecule has 5 nitrogen and oxygen atoms in total. The summed E-state index contributed by atoms with van der Waals surface area (Å²) in [5.41, 5.74) is 0.438. The lowest BCUT2D eigenvalue weighted by Crippen LogP contribution is -2.15. The molecule has 1 aromatic carbocycles. The summed E-state index contributed by atoms with van der Waals surface area (Å²) >= 11 is 0. The van der Waals surface area contributed by atoms with Gasteiger partial charge in [-0.1, -0.05) is 0 Å². The van der Waals surface area contributed by atoms with Gasteiger partial charge in [-0.2, -0.15) is 0 Å². The number of methoxy groups -OCH3 is 1. The normalized spacial score (nSPS) is 13.7. The highest BCUT2D eigenvalue weighted by molar-refractivity contribution is 6.00. The summed E-state index contributed by atoms with van der Waals surface area (Å²) in [6.07, 6.45) is -0.474. The molecule has 0 aromatic heterocycles. The van der Waals surface area contributed by atoms with Crippen LogP contribution in [0, 0.1) is 0 Å². The molecule has 1 heterocycles. The van der Waals surface area contributed by atoms with E-state index in [1.807, 2.05) is 0 Å². The van der Waals surface area contributed by atoms with Crippen LogP contribution in [-0.4, -0.2) is 25.7 Å². The lowest BCUT2D eigenvalue weighted by Gasteiger charge is -2.16. The van der Waals surface area contributed by atoms with Crippen molar-refractivity contribution in [2.75, 3.05) is 13.7 Å². The van der Waals surface area contributed by atoms with Crippen LogP contribution in [0.15, 0.2) is 18.2 Å². The summed E-state index contributed by atoms with van der Waals surface area (Å²) in [5.74, 6) is 0.773. The lowest BCUT2D eigenvalue weighted by atomic mass is 10.1. The summed E-state index contributed by atoms with van der Waals surface area (Å²) < 4.78 is 14.4. The Labute approximate surface area is 91.9 Å². The molecule has 0 fully saturated rings. The smallest absolute Gasteiger partial charge is 0.492 e. The fraction of sp³-hybridized carbons (Fsp3) is 0.273. The standard InChI is InChI=1S/C11H10O5/c1-14-11(13)16-7-2-3-10-8(6-7)9(12)4-5-15-10/h2-3,6H,4-5H2,1H3. The molecule has 0 radical (unpaired) electrons. The fourth-order valence-electron chi connectivity index (χ4n) is 1.44. The molecule has 1 aromatic rings. The van der Waals surface area contributed by atoms with Crippen molar-refractivity contribution in [2.24, 2.45) is 0 Å². The van der Waals surface area contributed by atoms with E-state index in [1.54, 1.807) is 12.1 Å². The van der Waals surface area contributed by atoms with E-state index in [-0.39, 0.29) is 11.5 Å². The maximum atomic E-state index is 11.5. The fourth-order valence-corrected chi connectivity index (χ4v) is 1.44. The Morgan fingerprint density at radius 2 is 2.25 bits per heavy atom. The van der Waals surface area contributed by atoms with Crippen LogP contribution in [0.25, 0.3) is 0 Å². The average molecular weight is 222 g/mol. The molecule has 0 aliphatic carbocycles. The van der Waals surface area contributed by atoms with Crippen LogP contribution in [0.4, 0.5) is 4.79 Å². The average Bonchev–Trinajstić information content (AvgIpc) is 2.30. The Morgan fingerprint density at radius 1 is 1.44 bits per heavy atom. The third kappa shape index (κ3) is 1.98. The number of fused-ring (bicyclic) bond motifs is 1. The van der Waals surface area contributed by atoms with Crippen molar-refractivity contribution >= 4 is 11.9 Å². The molecule has 1 aliphatic rings. The third-order valence-electron chi connectivity index (χ3n) is 2.21. The topological polar surface area (TPSA) is 61.8 Å². The van der Waals surface area contributed by atoms with E-state index in [0.29, 0.717) is 24.3 Å². The quantitative estimate of drug-likeness (QED) is 0.535. The first-order valence-electron chi connectivity index (χ1n) is 4.76. The molecule has 1 aliphatic heterocycles. The van der Waals surface area contributed by atoms with Gasteiger partial charge in [-0.05, 0) is 18.2 Å². The zero-order chi connectivity index (χ0) is 11.5. The van der Waals surface area contributed by atoms with Crippen LogP contribution in [-0.2, 0) is 4.74 Å². The van der Waals surface area contributed by atoms with Crippen LogP contribution >= 0.6 is 0 Å². The van der Waals surface area contributed by atoms with E-state index < -0.39 is 6.16 Å². The van der Waals surface area contributed by atoms with Gasteiger partial charge in [0.15, 0.2) is 5.78 Å². The van der Waals surface area contributed by atoms with Crippen molar-refractivity contribution in [3.05, 3.63) is 23.8 Å². The van der Waals surface area contributed by atoms with Crippen LogP contribution in [0.2, 0.25) is 0 Å². The predicted molar refractivity (Wildman–Crippen MR) is 53.9 cm³/mol. The number of Topliss-reactive ketones (excluding diaryl/α,β-unsaturated/α-hetero) is 1. The predicted octanol–water partition coefficient (Wildman–Crippen LogP) is 1.80. The minimum Gasteiger partial charge on any atom is -0.492 e. The van der Waals surface area contributed by atoms with Gasteiger partial charge in [0.1, 0.15) is 11.5 Å². The monoisotopic (exact) mass is 222 g/mol. The molecule has 0 atom stereocenters. The minimum absolute atomic E-state index is 0.0171. The van der Waals surface area contributed by atoms with Crippen molar-refractivity contribution < 1.29 is 23.8 Å². The van der Waals surface area contributed by atoms with E-state index in [9.17, 15) is 9.59 Å². The second kappa shape index (κ2) is 4.22. The summed E-state index contributed by atoms with van der Waals surface area (Å²) in [7, 11) is 1.22. The molecule has 0 unspecified atom stereocenters. The molecule has 2 rings (SSSR count). The Bertz CT molecular complexity index is 438. The van der Waals surface area contributed by atoms with Gasteiger partial charge in [0.25, 0.3) is 0 Å². The number of ether oxygens (including phenoxy) is 3. The summed E-state index contributed by atoms with van der Waals surface area (Å²) in [4.78, 5) is 22.4. The van der Waals surface area contributed by atoms with Crippen molar-refractivity contribution in [1.82, 2.24) is 0 Å². The minimum atomic E-state index is -0.816. The van der Waals surface area contributed by atoms with E-state index in [1.165, 1.54) is 13.2 Å². The Balaban J connectivity index is 2.27. The molecule has 0 N–H and O–H groups in total. The van der Waals surface area contributed by atoms with Gasteiger partial charge in [-0.3, -0.25) is 4.79 Å². The second-order valence-electron chi connectivity index (χ2n) is 3.24. The number of benzene rings is 1. The number of ketones is 1. The SMILES string of the molecule is COC(=O)Oc1ccc2c(c1)C(=O)CCO2. The highest BCUT2D eigenvalue weighted by Gasteiger charge is 2.19. The summed E-state index contributed by atoms with van der Waals surface area (Å²) in [6.45, 7) is 0.392. The van der Waals surface area contributed by atoms with Crippen molar-refractivity contribution in [2.45, 2.75) is 6.42 Å². The molecule has 0 saturated heterocycles. The highest BCUT2D eigenvalue weighted by Crippen LogP contribution is 2.28. The Kier molecular flexibility index (Phi) is 2.76. The van der Waals surface area contributed by atoms with Gasteiger partial charge in [0, 0.05) is 6.42 Å². The molecule has 0 amide bonds. The van der Waals surface area contributed by atoms with E-state index in [2.05, 4.69) is 4.74 Å². The van der Waals surface area contributed by atoms with E-state index in [4.69, 9.17) is 9.47 Å². The van der Waals surface area contributed by atoms with Crippen LogP contribution in [0.1, 0.15) is 16.8 Å². The van der Waals surface area contributed by atoms with Crippen molar-refractivity contribution in [3.8, 4) is 11.5 Å². The van der Waals surface area contributed by atoms with Crippen molar-refractivity contribution in [1.29, 1.82) is 0 Å². The van der Waals surface area contributed by atoms with Gasteiger partial charge in [-0.25, -0.2) is 4.79 Å². The first-order valence-corrected chi connectivity index (χ1v) is 4.76. The van der Waals surface area contributed by atoms with Gasteiger partial charge >= 0.3 is 6.16 Å². The molecule has 5 heteroatoms. The van der Waals surface area contributed by atoms with Gasteiger partial charge in [-0.15, -0.1) is 0 Å². The van der Waals surface area contributed by atoms with Crippen LogP contribution in [0.5, 0.6) is 11.5 Å². The van der Waals surface area contributed by atoms with Gasteiger partial charge in [0.2, 0.25) is 0 Å². The number of hydrogen-bond acceptors (Lipinski definition) is 5. The lowest BCUT2D eigenvalue weighted by molar-refractivity contribution is 0.0930. The van der Waals surface area contributed by atoms with Crippen molar-refractivity contribution in [3.63, 3.8) is 0 Å². The molecular weight excluding hydrogens is 212 g/mol. The number of carbonyl (C=O) groups excluding carboxylic acids is 2. The Morgan fingerprint density at radius 3 is 3.00 bits per heavy atom. The third-order valence-corrected chi connectivity index (χ3v) is 2.21. The zero-order valence-corrected chi connectivity index (χ0v) is 8.69. The number of rotatable bonds is 1. The van der Waals surface area contributed by atoms with E-state index >= 15 is 0 Å². The highest BCUT2D eigenvalue weighted by atomic mass is 16.7. The van der Waals surface area contributed by atoms with Gasteiger partial charge in [0.05, 0.1) is 19.3 Å². The number of carbonyl (C=O) groups is 2. The molecule has 16 heavy (non-hydrogen) atoms. The van der Waals surface area contributed by atoms with E-state index in [0.717, 1.165) is 0 Å². The first-order chi connectivity index (χ1) is 7.70. The Hall–Kier alpha value is -2.04. The van der Waals surface area contributed by atoms with Crippen LogP contribution < -0.4 is 9.47 Å². The molecule has 84 valence electrons. The molecule has 0 saturated carbocycles. The summed E-state index contributed by atoms with van der Waals surface area (Å²) in [6, 6.07) is 4.63. The maximum Gasteiger partial charge on any atom is 0.513 e. The van der Waals surface area contributed by atoms with Gasteiger partial charge < -0.3 is 14.2 Å². The maximum absolute atomic E-state index is 11.5. The molecular formula is C11H10O5. The molecule has 0 bridgehead atoms. The summed E-state index contributed by atoms with van der Waals surface area (Å²) in [5, 5.41) is 0. The van der Waals surface area contributed by atoms with Crippen LogP contribution in [0.3, 0.4) is 0 Å². The molecule has 0 spiro atoms. The zero-order valence-electron chi connectivity index (χ0n) is 8.69. The first kappa shape index (κ1) is 10.5.